The maximum Gasteiger partial charge on any atom is 0.251 e. The van der Waals surface area contributed by atoms with E-state index in [0.29, 0.717) is 36.4 Å². The van der Waals surface area contributed by atoms with Gasteiger partial charge in [0.25, 0.3) is 5.91 Å². The Morgan fingerprint density at radius 1 is 0.939 bits per heavy atom. The summed E-state index contributed by atoms with van der Waals surface area (Å²) in [7, 11) is 3.48. The van der Waals surface area contributed by atoms with Crippen molar-refractivity contribution >= 4 is 29.1 Å². The van der Waals surface area contributed by atoms with Gasteiger partial charge in [-0.15, -0.1) is 0 Å². The molecule has 1 aromatic heterocycles. The van der Waals surface area contributed by atoms with Crippen molar-refractivity contribution < 1.29 is 18.8 Å². The van der Waals surface area contributed by atoms with Crippen LogP contribution in [-0.4, -0.2) is 43.3 Å². The van der Waals surface area contributed by atoms with E-state index in [4.69, 9.17) is 4.42 Å². The third kappa shape index (κ3) is 7.53. The summed E-state index contributed by atoms with van der Waals surface area (Å²) in [5.41, 5.74) is 2.92. The molecule has 0 aliphatic carbocycles. The number of amides is 3. The summed E-state index contributed by atoms with van der Waals surface area (Å²) < 4.78 is 5.19. The molecule has 8 heteroatoms. The van der Waals surface area contributed by atoms with Crippen LogP contribution in [-0.2, 0) is 22.6 Å². The predicted molar refractivity (Wildman–Crippen MR) is 127 cm³/mol. The molecule has 3 aromatic rings. The number of carbonyl (C=O) groups is 3. The van der Waals surface area contributed by atoms with Crippen molar-refractivity contribution in [2.24, 2.45) is 0 Å². The number of hydrogen-bond donors (Lipinski definition) is 3. The van der Waals surface area contributed by atoms with Gasteiger partial charge in [0.15, 0.2) is 0 Å². The van der Waals surface area contributed by atoms with Gasteiger partial charge in [0, 0.05) is 37.5 Å². The van der Waals surface area contributed by atoms with E-state index in [-0.39, 0.29) is 24.3 Å². The Morgan fingerprint density at radius 3 is 2.42 bits per heavy atom. The van der Waals surface area contributed by atoms with E-state index in [1.807, 2.05) is 24.3 Å². The van der Waals surface area contributed by atoms with Crippen LogP contribution in [0.4, 0.5) is 11.4 Å². The number of hydrogen-bond acceptors (Lipinski definition) is 5. The highest BCUT2D eigenvalue weighted by Gasteiger charge is 2.08. The highest BCUT2D eigenvalue weighted by molar-refractivity contribution is 5.96. The molecular formula is C25H28N4O4. The first kappa shape index (κ1) is 23.6. The standard InChI is InChI=1S/C25H28N4O4/c1-29(2)24(31)13-8-18-5-3-6-21(15-18)26-17-23(30)28-20-11-9-19(10-12-20)25(32)27-16-22-7-4-14-33-22/h3-7,9-12,14-15,26H,8,13,16-17H2,1-2H3,(H,27,32)(H,28,30). The first-order chi connectivity index (χ1) is 15.9. The predicted octanol–water partition coefficient (Wildman–Crippen LogP) is 3.28. The number of aryl methyl sites for hydroxylation is 1. The molecule has 0 unspecified atom stereocenters. The molecule has 0 atom stereocenters. The number of anilines is 2. The highest BCUT2D eigenvalue weighted by atomic mass is 16.3. The summed E-state index contributed by atoms with van der Waals surface area (Å²) in [6.07, 6.45) is 2.63. The summed E-state index contributed by atoms with van der Waals surface area (Å²) in [6, 6.07) is 17.9. The average Bonchev–Trinajstić information content (AvgIpc) is 3.34. The van der Waals surface area contributed by atoms with Crippen molar-refractivity contribution in [1.82, 2.24) is 10.2 Å². The van der Waals surface area contributed by atoms with Crippen LogP contribution in [0, 0.1) is 0 Å². The second-order valence-electron chi connectivity index (χ2n) is 7.73. The summed E-state index contributed by atoms with van der Waals surface area (Å²) in [4.78, 5) is 37.8. The van der Waals surface area contributed by atoms with E-state index < -0.39 is 0 Å². The van der Waals surface area contributed by atoms with Crippen molar-refractivity contribution in [3.8, 4) is 0 Å². The van der Waals surface area contributed by atoms with Gasteiger partial charge in [0.1, 0.15) is 5.76 Å². The van der Waals surface area contributed by atoms with Gasteiger partial charge in [-0.1, -0.05) is 12.1 Å². The van der Waals surface area contributed by atoms with Crippen LogP contribution >= 0.6 is 0 Å². The van der Waals surface area contributed by atoms with Crippen LogP contribution in [0.1, 0.15) is 28.1 Å². The van der Waals surface area contributed by atoms with Crippen LogP contribution in [0.2, 0.25) is 0 Å². The molecule has 1 heterocycles. The zero-order valence-electron chi connectivity index (χ0n) is 18.8. The van der Waals surface area contributed by atoms with Crippen LogP contribution < -0.4 is 16.0 Å². The molecule has 3 rings (SSSR count). The summed E-state index contributed by atoms with van der Waals surface area (Å²) in [5, 5.41) is 8.67. The molecule has 0 fully saturated rings. The van der Waals surface area contributed by atoms with Gasteiger partial charge >= 0.3 is 0 Å². The van der Waals surface area contributed by atoms with E-state index in [1.165, 1.54) is 0 Å². The zero-order valence-corrected chi connectivity index (χ0v) is 18.8. The molecule has 0 spiro atoms. The van der Waals surface area contributed by atoms with Gasteiger partial charge in [0.05, 0.1) is 19.4 Å². The molecule has 0 saturated carbocycles. The summed E-state index contributed by atoms with van der Waals surface area (Å²) in [6.45, 7) is 0.397. The van der Waals surface area contributed by atoms with Crippen molar-refractivity contribution in [2.45, 2.75) is 19.4 Å². The van der Waals surface area contributed by atoms with Crippen LogP contribution in [0.3, 0.4) is 0 Å². The third-order valence-corrected chi connectivity index (χ3v) is 4.94. The normalized spacial score (nSPS) is 10.4. The molecule has 0 aliphatic heterocycles. The van der Waals surface area contributed by atoms with Crippen molar-refractivity contribution in [3.05, 3.63) is 83.8 Å². The SMILES string of the molecule is CN(C)C(=O)CCc1cccc(NCC(=O)Nc2ccc(C(=O)NCc3ccco3)cc2)c1. The lowest BCUT2D eigenvalue weighted by Gasteiger charge is -2.11. The van der Waals surface area contributed by atoms with Crippen LogP contribution in [0.5, 0.6) is 0 Å². The van der Waals surface area contributed by atoms with Gasteiger partial charge < -0.3 is 25.3 Å². The number of carbonyl (C=O) groups excluding carboxylic acids is 3. The Hall–Kier alpha value is -4.07. The van der Waals surface area contributed by atoms with Crippen molar-refractivity contribution in [3.63, 3.8) is 0 Å². The molecule has 2 aromatic carbocycles. The highest BCUT2D eigenvalue weighted by Crippen LogP contribution is 2.13. The quantitative estimate of drug-likeness (QED) is 0.442. The summed E-state index contributed by atoms with van der Waals surface area (Å²) in [5.74, 6) is 0.317. The molecule has 172 valence electrons. The average molecular weight is 449 g/mol. The lowest BCUT2D eigenvalue weighted by molar-refractivity contribution is -0.128. The van der Waals surface area contributed by atoms with E-state index >= 15 is 0 Å². The van der Waals surface area contributed by atoms with Crippen molar-refractivity contribution in [2.75, 3.05) is 31.3 Å². The summed E-state index contributed by atoms with van der Waals surface area (Å²) >= 11 is 0. The largest absolute Gasteiger partial charge is 0.467 e. The minimum Gasteiger partial charge on any atom is -0.467 e. The Balaban J connectivity index is 1.44. The molecule has 33 heavy (non-hydrogen) atoms. The first-order valence-corrected chi connectivity index (χ1v) is 10.6. The lowest BCUT2D eigenvalue weighted by Crippen LogP contribution is -2.23. The fraction of sp³-hybridized carbons (Fsp3) is 0.240. The Kier molecular flexibility index (Phi) is 8.24. The smallest absolute Gasteiger partial charge is 0.251 e. The molecule has 0 aliphatic rings. The van der Waals surface area contributed by atoms with Gasteiger partial charge in [-0.2, -0.15) is 0 Å². The van der Waals surface area contributed by atoms with Gasteiger partial charge in [-0.05, 0) is 60.5 Å². The lowest BCUT2D eigenvalue weighted by atomic mass is 10.1. The molecule has 8 nitrogen and oxygen atoms in total. The van der Waals surface area contributed by atoms with E-state index in [9.17, 15) is 14.4 Å². The molecule has 0 bridgehead atoms. The van der Waals surface area contributed by atoms with Gasteiger partial charge in [-0.25, -0.2) is 0 Å². The minimum atomic E-state index is -0.224. The van der Waals surface area contributed by atoms with Crippen LogP contribution in [0.15, 0.2) is 71.3 Å². The molecule has 3 N–H and O–H groups in total. The van der Waals surface area contributed by atoms with E-state index in [0.717, 1.165) is 11.3 Å². The molecule has 0 saturated heterocycles. The minimum absolute atomic E-state index is 0.0776. The number of benzene rings is 2. The van der Waals surface area contributed by atoms with Gasteiger partial charge in [-0.3, -0.25) is 14.4 Å². The fourth-order valence-electron chi connectivity index (χ4n) is 3.09. The number of nitrogens with one attached hydrogen (secondary N) is 3. The first-order valence-electron chi connectivity index (χ1n) is 10.6. The maximum absolute atomic E-state index is 12.3. The van der Waals surface area contributed by atoms with E-state index in [2.05, 4.69) is 16.0 Å². The topological polar surface area (TPSA) is 104 Å². The Bertz CT molecular complexity index is 1080. The number of furan rings is 1. The second kappa shape index (κ2) is 11.5. The third-order valence-electron chi connectivity index (χ3n) is 4.94. The second-order valence-corrected chi connectivity index (χ2v) is 7.73. The van der Waals surface area contributed by atoms with Crippen molar-refractivity contribution in [1.29, 1.82) is 0 Å². The fourth-order valence-corrected chi connectivity index (χ4v) is 3.09. The monoisotopic (exact) mass is 448 g/mol. The Labute approximate surface area is 193 Å². The molecular weight excluding hydrogens is 420 g/mol. The van der Waals surface area contributed by atoms with E-state index in [1.54, 1.807) is 61.7 Å². The molecule has 0 radical (unpaired) electrons. The zero-order chi connectivity index (χ0) is 23.6. The van der Waals surface area contributed by atoms with Gasteiger partial charge in [0.2, 0.25) is 11.8 Å². The van der Waals surface area contributed by atoms with Crippen LogP contribution in [0.25, 0.3) is 0 Å². The number of rotatable bonds is 10. The maximum atomic E-state index is 12.3. The number of nitrogens with zero attached hydrogens (tertiary/aromatic N) is 1. The molecule has 3 amide bonds. The Morgan fingerprint density at radius 2 is 1.73 bits per heavy atom.